The van der Waals surface area contributed by atoms with Gasteiger partial charge in [0.15, 0.2) is 11.6 Å². The van der Waals surface area contributed by atoms with E-state index in [9.17, 15) is 30.5 Å². The molecule has 2 aromatic rings. The first kappa shape index (κ1) is 19.6. The van der Waals surface area contributed by atoms with Crippen molar-refractivity contribution in [3.8, 4) is 11.5 Å². The summed E-state index contributed by atoms with van der Waals surface area (Å²) in [5.41, 5.74) is 1.02. The highest BCUT2D eigenvalue weighted by atomic mass is 32.2. The Bertz CT molecular complexity index is 923. The molecule has 0 atom stereocenters. The SMILES string of the molecule is O=S(=O)([O-])c1c(F)c(F)c(Oc2ccc(C3CCCCC3)cc2)c(F)c1F. The topological polar surface area (TPSA) is 66.4 Å². The van der Waals surface area contributed by atoms with Crippen LogP contribution in [-0.2, 0) is 10.1 Å². The summed E-state index contributed by atoms with van der Waals surface area (Å²) in [6, 6.07) is 6.20. The second-order valence-electron chi connectivity index (χ2n) is 6.37. The van der Waals surface area contributed by atoms with Crippen molar-refractivity contribution in [2.24, 2.45) is 0 Å². The van der Waals surface area contributed by atoms with Crippen LogP contribution >= 0.6 is 0 Å². The van der Waals surface area contributed by atoms with Crippen LogP contribution in [0.3, 0.4) is 0 Å². The van der Waals surface area contributed by atoms with Crippen LogP contribution in [0.25, 0.3) is 0 Å². The van der Waals surface area contributed by atoms with Crippen LogP contribution in [0.4, 0.5) is 17.6 Å². The van der Waals surface area contributed by atoms with Gasteiger partial charge in [0.25, 0.3) is 0 Å². The van der Waals surface area contributed by atoms with Crippen molar-refractivity contribution in [3.05, 3.63) is 53.1 Å². The molecule has 1 aliphatic rings. The predicted molar refractivity (Wildman–Crippen MR) is 86.6 cm³/mol. The minimum Gasteiger partial charge on any atom is -0.744 e. The summed E-state index contributed by atoms with van der Waals surface area (Å²) in [5, 5.41) is 0. The average Bonchev–Trinajstić information content (AvgIpc) is 2.64. The molecule has 0 unspecified atom stereocenters. The molecule has 1 saturated carbocycles. The van der Waals surface area contributed by atoms with Crippen molar-refractivity contribution in [2.45, 2.75) is 42.9 Å². The van der Waals surface area contributed by atoms with Crippen LogP contribution in [0.1, 0.15) is 43.6 Å². The fourth-order valence-corrected chi connectivity index (χ4v) is 3.88. The minimum atomic E-state index is -5.75. The lowest BCUT2D eigenvalue weighted by molar-refractivity contribution is 0.345. The summed E-state index contributed by atoms with van der Waals surface area (Å²) in [7, 11) is -5.75. The van der Waals surface area contributed by atoms with Gasteiger partial charge in [0.1, 0.15) is 20.8 Å². The average molecular weight is 403 g/mol. The molecular weight excluding hydrogens is 388 g/mol. The van der Waals surface area contributed by atoms with Gasteiger partial charge in [-0.05, 0) is 36.5 Å². The molecule has 1 aliphatic carbocycles. The first-order valence-corrected chi connectivity index (χ1v) is 9.70. The summed E-state index contributed by atoms with van der Waals surface area (Å²) >= 11 is 0. The Kier molecular flexibility index (Phi) is 5.43. The van der Waals surface area contributed by atoms with Gasteiger partial charge in [0.05, 0.1) is 0 Å². The molecule has 3 rings (SSSR count). The van der Waals surface area contributed by atoms with E-state index in [-0.39, 0.29) is 5.75 Å². The Morgan fingerprint density at radius 1 is 0.852 bits per heavy atom. The van der Waals surface area contributed by atoms with Crippen LogP contribution in [0.5, 0.6) is 11.5 Å². The van der Waals surface area contributed by atoms with Crippen molar-refractivity contribution >= 4 is 10.1 Å². The lowest BCUT2D eigenvalue weighted by Crippen LogP contribution is -2.11. The highest BCUT2D eigenvalue weighted by Gasteiger charge is 2.30. The van der Waals surface area contributed by atoms with E-state index >= 15 is 0 Å². The van der Waals surface area contributed by atoms with E-state index in [1.54, 1.807) is 12.1 Å². The van der Waals surface area contributed by atoms with Gasteiger partial charge < -0.3 is 9.29 Å². The largest absolute Gasteiger partial charge is 0.744 e. The molecule has 2 aromatic carbocycles. The summed E-state index contributed by atoms with van der Waals surface area (Å²) in [6.45, 7) is 0. The van der Waals surface area contributed by atoms with Gasteiger partial charge in [0, 0.05) is 0 Å². The van der Waals surface area contributed by atoms with E-state index < -0.39 is 44.0 Å². The molecule has 0 aliphatic heterocycles. The maximum atomic E-state index is 14.0. The lowest BCUT2D eigenvalue weighted by atomic mass is 9.84. The highest BCUT2D eigenvalue weighted by Crippen LogP contribution is 2.37. The van der Waals surface area contributed by atoms with Crippen molar-refractivity contribution in [1.82, 2.24) is 0 Å². The smallest absolute Gasteiger partial charge is 0.205 e. The summed E-state index contributed by atoms with van der Waals surface area (Å²) in [4.78, 5) is -2.21. The first-order chi connectivity index (χ1) is 12.7. The quantitative estimate of drug-likeness (QED) is 0.410. The normalized spacial score (nSPS) is 15.7. The third-order valence-corrected chi connectivity index (χ3v) is 5.47. The molecule has 0 N–H and O–H groups in total. The molecular formula is C18H15F4O4S-. The van der Waals surface area contributed by atoms with Crippen LogP contribution in [0, 0.1) is 23.3 Å². The molecule has 27 heavy (non-hydrogen) atoms. The predicted octanol–water partition coefficient (Wildman–Crippen LogP) is 4.99. The van der Waals surface area contributed by atoms with Crippen molar-refractivity contribution in [3.63, 3.8) is 0 Å². The van der Waals surface area contributed by atoms with E-state index in [0.29, 0.717) is 5.92 Å². The van der Waals surface area contributed by atoms with Crippen LogP contribution in [0.15, 0.2) is 29.2 Å². The van der Waals surface area contributed by atoms with Gasteiger partial charge in [0.2, 0.25) is 17.4 Å². The molecule has 9 heteroatoms. The second-order valence-corrected chi connectivity index (χ2v) is 7.69. The summed E-state index contributed by atoms with van der Waals surface area (Å²) < 4.78 is 92.9. The Morgan fingerprint density at radius 2 is 1.37 bits per heavy atom. The molecule has 0 saturated heterocycles. The molecule has 0 amide bonds. The van der Waals surface area contributed by atoms with E-state index in [0.717, 1.165) is 31.2 Å². The van der Waals surface area contributed by atoms with Gasteiger partial charge in [-0.2, -0.15) is 8.78 Å². The van der Waals surface area contributed by atoms with Crippen LogP contribution in [-0.4, -0.2) is 13.0 Å². The zero-order chi connectivity index (χ0) is 19.8. The molecule has 0 spiro atoms. The second kappa shape index (κ2) is 7.47. The molecule has 0 heterocycles. The molecule has 1 fully saturated rings. The maximum Gasteiger partial charge on any atom is 0.205 e. The molecule has 146 valence electrons. The number of benzene rings is 2. The highest BCUT2D eigenvalue weighted by molar-refractivity contribution is 7.85. The van der Waals surface area contributed by atoms with Gasteiger partial charge in [-0.1, -0.05) is 31.4 Å². The first-order valence-electron chi connectivity index (χ1n) is 8.29. The number of hydrogen-bond donors (Lipinski definition) is 0. The number of ether oxygens (including phenoxy) is 1. The Balaban J connectivity index is 1.92. The zero-order valence-corrected chi connectivity index (χ0v) is 14.8. The Hall–Kier alpha value is -2.13. The fraction of sp³-hybridized carbons (Fsp3) is 0.333. The van der Waals surface area contributed by atoms with Crippen LogP contribution in [0.2, 0.25) is 0 Å². The minimum absolute atomic E-state index is 0.0936. The third kappa shape index (κ3) is 3.93. The lowest BCUT2D eigenvalue weighted by Gasteiger charge is -2.22. The van der Waals surface area contributed by atoms with Gasteiger partial charge in [-0.25, -0.2) is 17.2 Å². The van der Waals surface area contributed by atoms with E-state index in [1.807, 2.05) is 0 Å². The number of rotatable bonds is 4. The Labute approximate surface area is 153 Å². The third-order valence-electron chi connectivity index (χ3n) is 4.61. The number of halogens is 4. The summed E-state index contributed by atoms with van der Waals surface area (Å²) in [5.74, 6) is -10.0. The number of hydrogen-bond acceptors (Lipinski definition) is 4. The Morgan fingerprint density at radius 3 is 1.85 bits per heavy atom. The van der Waals surface area contributed by atoms with Crippen molar-refractivity contribution < 1.29 is 35.3 Å². The monoisotopic (exact) mass is 403 g/mol. The van der Waals surface area contributed by atoms with E-state index in [2.05, 4.69) is 0 Å². The molecule has 4 nitrogen and oxygen atoms in total. The van der Waals surface area contributed by atoms with Gasteiger partial charge >= 0.3 is 0 Å². The van der Waals surface area contributed by atoms with Gasteiger partial charge in [-0.15, -0.1) is 0 Å². The zero-order valence-electron chi connectivity index (χ0n) is 14.0. The standard InChI is InChI=1S/C18H16F4O4S/c19-13-15(21)18(27(23,24)25)16(22)14(20)17(13)26-12-8-6-11(7-9-12)10-4-2-1-3-5-10/h6-10H,1-5H2,(H,23,24,25)/p-1. The van der Waals surface area contributed by atoms with Crippen LogP contribution < -0.4 is 4.74 Å². The van der Waals surface area contributed by atoms with Crippen molar-refractivity contribution in [2.75, 3.05) is 0 Å². The fourth-order valence-electron chi connectivity index (χ4n) is 3.26. The summed E-state index contributed by atoms with van der Waals surface area (Å²) in [6.07, 6.45) is 5.48. The molecule has 0 aromatic heterocycles. The molecule has 0 radical (unpaired) electrons. The van der Waals surface area contributed by atoms with Crippen molar-refractivity contribution in [1.29, 1.82) is 0 Å². The van der Waals surface area contributed by atoms with Gasteiger partial charge in [-0.3, -0.25) is 0 Å². The maximum absolute atomic E-state index is 14.0. The van der Waals surface area contributed by atoms with E-state index in [1.165, 1.54) is 18.6 Å². The van der Waals surface area contributed by atoms with E-state index in [4.69, 9.17) is 4.74 Å². The molecule has 0 bridgehead atoms.